The van der Waals surface area contributed by atoms with Crippen molar-refractivity contribution in [1.29, 1.82) is 0 Å². The number of hydrogen-bond acceptors (Lipinski definition) is 5. The zero-order valence-electron chi connectivity index (χ0n) is 10.9. The highest BCUT2D eigenvalue weighted by molar-refractivity contribution is 6.06. The molecule has 1 rings (SSSR count). The largest absolute Gasteiger partial charge is 0.507 e. The smallest absolute Gasteiger partial charge is 0.342 e. The van der Waals surface area contributed by atoms with Gasteiger partial charge >= 0.3 is 11.9 Å². The average molecular weight is 252 g/mol. The maximum atomic E-state index is 11.8. The van der Waals surface area contributed by atoms with Gasteiger partial charge in [-0.3, -0.25) is 0 Å². The Balaban J connectivity index is 3.66. The maximum absolute atomic E-state index is 11.8. The van der Waals surface area contributed by atoms with Crippen LogP contribution in [0.1, 0.15) is 38.8 Å². The highest BCUT2D eigenvalue weighted by Gasteiger charge is 2.26. The molecule has 5 nitrogen and oxygen atoms in total. The molecule has 0 amide bonds. The average Bonchev–Trinajstić information content (AvgIpc) is 2.39. The van der Waals surface area contributed by atoms with E-state index in [9.17, 15) is 14.7 Å². The van der Waals surface area contributed by atoms with E-state index in [-0.39, 0.29) is 16.9 Å². The van der Waals surface area contributed by atoms with Crippen molar-refractivity contribution in [2.75, 3.05) is 14.2 Å². The Morgan fingerprint density at radius 2 is 1.67 bits per heavy atom. The van der Waals surface area contributed by atoms with Crippen molar-refractivity contribution in [3.8, 4) is 5.75 Å². The maximum Gasteiger partial charge on any atom is 0.342 e. The molecule has 0 spiro atoms. The number of aryl methyl sites for hydroxylation is 2. The van der Waals surface area contributed by atoms with Crippen LogP contribution in [-0.2, 0) is 15.9 Å². The topological polar surface area (TPSA) is 72.8 Å². The van der Waals surface area contributed by atoms with Gasteiger partial charge < -0.3 is 14.6 Å². The molecule has 0 atom stereocenters. The lowest BCUT2D eigenvalue weighted by atomic mass is 9.95. The first-order chi connectivity index (χ1) is 8.47. The number of benzene rings is 1. The van der Waals surface area contributed by atoms with Crippen LogP contribution in [0.15, 0.2) is 6.07 Å². The molecule has 1 aromatic carbocycles. The van der Waals surface area contributed by atoms with Crippen LogP contribution in [0.4, 0.5) is 0 Å². The summed E-state index contributed by atoms with van der Waals surface area (Å²) in [4.78, 5) is 23.5. The summed E-state index contributed by atoms with van der Waals surface area (Å²) < 4.78 is 9.25. The van der Waals surface area contributed by atoms with Crippen LogP contribution in [0.25, 0.3) is 0 Å². The van der Waals surface area contributed by atoms with E-state index >= 15 is 0 Å². The number of aromatic hydroxyl groups is 1. The first kappa shape index (κ1) is 14.0. The predicted molar refractivity (Wildman–Crippen MR) is 64.9 cm³/mol. The standard InChI is InChI=1S/C13H16O5/c1-5-8-6-7(2)11(14)10(13(16)18-4)9(8)12(15)17-3/h6,14H,5H2,1-4H3. The van der Waals surface area contributed by atoms with Gasteiger partial charge in [-0.25, -0.2) is 9.59 Å². The van der Waals surface area contributed by atoms with Crippen LogP contribution < -0.4 is 0 Å². The van der Waals surface area contributed by atoms with Crippen LogP contribution in [0, 0.1) is 6.92 Å². The summed E-state index contributed by atoms with van der Waals surface area (Å²) in [5, 5.41) is 9.94. The second kappa shape index (κ2) is 5.53. The molecule has 18 heavy (non-hydrogen) atoms. The molecule has 0 unspecified atom stereocenters. The second-order valence-electron chi connectivity index (χ2n) is 3.79. The van der Waals surface area contributed by atoms with Crippen molar-refractivity contribution < 1.29 is 24.2 Å². The molecule has 5 heteroatoms. The van der Waals surface area contributed by atoms with Crippen molar-refractivity contribution in [1.82, 2.24) is 0 Å². The lowest BCUT2D eigenvalue weighted by Crippen LogP contribution is -2.15. The van der Waals surface area contributed by atoms with E-state index in [1.54, 1.807) is 13.0 Å². The first-order valence-electron chi connectivity index (χ1n) is 5.49. The molecule has 0 aliphatic heterocycles. The van der Waals surface area contributed by atoms with Gasteiger partial charge in [-0.15, -0.1) is 0 Å². The van der Waals surface area contributed by atoms with E-state index < -0.39 is 11.9 Å². The molecule has 0 fully saturated rings. The molecule has 0 heterocycles. The van der Waals surface area contributed by atoms with Crippen LogP contribution in [0.5, 0.6) is 5.75 Å². The number of carbonyl (C=O) groups is 2. The fourth-order valence-electron chi connectivity index (χ4n) is 1.79. The number of hydrogen-bond donors (Lipinski definition) is 1. The van der Waals surface area contributed by atoms with Gasteiger partial charge in [0, 0.05) is 0 Å². The van der Waals surface area contributed by atoms with E-state index in [2.05, 4.69) is 9.47 Å². The summed E-state index contributed by atoms with van der Waals surface area (Å²) in [5.74, 6) is -1.67. The van der Waals surface area contributed by atoms with Gasteiger partial charge in [0.2, 0.25) is 0 Å². The number of methoxy groups -OCH3 is 2. The lowest BCUT2D eigenvalue weighted by molar-refractivity contribution is 0.0551. The molecule has 0 aliphatic carbocycles. The Kier molecular flexibility index (Phi) is 4.31. The Hall–Kier alpha value is -2.04. The number of phenolic OH excluding ortho intramolecular Hbond substituents is 1. The zero-order valence-corrected chi connectivity index (χ0v) is 10.9. The summed E-state index contributed by atoms with van der Waals surface area (Å²) in [6, 6.07) is 1.66. The first-order valence-corrected chi connectivity index (χ1v) is 5.49. The van der Waals surface area contributed by atoms with E-state index in [0.29, 0.717) is 17.5 Å². The number of rotatable bonds is 3. The third-order valence-electron chi connectivity index (χ3n) is 2.73. The van der Waals surface area contributed by atoms with Crippen molar-refractivity contribution >= 4 is 11.9 Å². The fourth-order valence-corrected chi connectivity index (χ4v) is 1.79. The van der Waals surface area contributed by atoms with E-state index in [1.807, 2.05) is 6.92 Å². The van der Waals surface area contributed by atoms with Gasteiger partial charge in [0.15, 0.2) is 0 Å². The molecular formula is C13H16O5. The third kappa shape index (κ3) is 2.30. The third-order valence-corrected chi connectivity index (χ3v) is 2.73. The molecule has 0 bridgehead atoms. The minimum Gasteiger partial charge on any atom is -0.507 e. The normalized spacial score (nSPS) is 10.0. The highest BCUT2D eigenvalue weighted by Crippen LogP contribution is 2.30. The Morgan fingerprint density at radius 3 is 2.11 bits per heavy atom. The Morgan fingerprint density at radius 1 is 1.17 bits per heavy atom. The van der Waals surface area contributed by atoms with Crippen molar-refractivity contribution in [2.24, 2.45) is 0 Å². The van der Waals surface area contributed by atoms with Crippen molar-refractivity contribution in [3.05, 3.63) is 28.3 Å². The lowest BCUT2D eigenvalue weighted by Gasteiger charge is -2.14. The molecule has 0 radical (unpaired) electrons. The fraction of sp³-hybridized carbons (Fsp3) is 0.385. The van der Waals surface area contributed by atoms with Crippen molar-refractivity contribution in [2.45, 2.75) is 20.3 Å². The van der Waals surface area contributed by atoms with Gasteiger partial charge in [-0.2, -0.15) is 0 Å². The zero-order chi connectivity index (χ0) is 13.9. The van der Waals surface area contributed by atoms with Gasteiger partial charge in [-0.1, -0.05) is 13.0 Å². The van der Waals surface area contributed by atoms with Gasteiger partial charge in [0.1, 0.15) is 11.3 Å². The van der Waals surface area contributed by atoms with Crippen LogP contribution in [0.3, 0.4) is 0 Å². The SMILES string of the molecule is CCc1cc(C)c(O)c(C(=O)OC)c1C(=O)OC. The molecule has 0 saturated heterocycles. The van der Waals surface area contributed by atoms with Gasteiger partial charge in [0.05, 0.1) is 19.8 Å². The quantitative estimate of drug-likeness (QED) is 0.831. The van der Waals surface area contributed by atoms with Crippen LogP contribution >= 0.6 is 0 Å². The molecule has 0 saturated carbocycles. The molecule has 1 aromatic rings. The second-order valence-corrected chi connectivity index (χ2v) is 3.79. The number of ether oxygens (including phenoxy) is 2. The van der Waals surface area contributed by atoms with Gasteiger partial charge in [0.25, 0.3) is 0 Å². The minimum atomic E-state index is -0.758. The Bertz CT molecular complexity index is 491. The molecule has 98 valence electrons. The van der Waals surface area contributed by atoms with E-state index in [1.165, 1.54) is 14.2 Å². The number of phenols is 1. The molecule has 1 N–H and O–H groups in total. The Labute approximate surface area is 105 Å². The summed E-state index contributed by atoms with van der Waals surface area (Å²) >= 11 is 0. The van der Waals surface area contributed by atoms with Crippen LogP contribution in [0.2, 0.25) is 0 Å². The molecule has 0 aromatic heterocycles. The van der Waals surface area contributed by atoms with Crippen molar-refractivity contribution in [3.63, 3.8) is 0 Å². The van der Waals surface area contributed by atoms with E-state index in [0.717, 1.165) is 0 Å². The number of carbonyl (C=O) groups excluding carboxylic acids is 2. The summed E-state index contributed by atoms with van der Waals surface area (Å²) in [5.41, 5.74) is 1.08. The van der Waals surface area contributed by atoms with Gasteiger partial charge in [-0.05, 0) is 24.5 Å². The highest BCUT2D eigenvalue weighted by atomic mass is 16.5. The summed E-state index contributed by atoms with van der Waals surface area (Å²) in [6.45, 7) is 3.50. The summed E-state index contributed by atoms with van der Waals surface area (Å²) in [6.07, 6.45) is 0.537. The predicted octanol–water partition coefficient (Wildman–Crippen LogP) is 1.84. The van der Waals surface area contributed by atoms with Crippen LogP contribution in [-0.4, -0.2) is 31.3 Å². The monoisotopic (exact) mass is 252 g/mol. The summed E-state index contributed by atoms with van der Waals surface area (Å²) in [7, 11) is 2.41. The molecule has 0 aliphatic rings. The van der Waals surface area contributed by atoms with E-state index in [4.69, 9.17) is 0 Å². The number of esters is 2. The minimum absolute atomic E-state index is 0.0648. The molecular weight excluding hydrogens is 236 g/mol.